The van der Waals surface area contributed by atoms with Crippen LogP contribution in [0.1, 0.15) is 47.2 Å². The second-order valence-corrected chi connectivity index (χ2v) is 8.35. The maximum Gasteiger partial charge on any atom is 0.324 e. The van der Waals surface area contributed by atoms with Crippen molar-refractivity contribution in [3.05, 3.63) is 77.4 Å². The van der Waals surface area contributed by atoms with E-state index in [9.17, 15) is 14.4 Å². The summed E-state index contributed by atoms with van der Waals surface area (Å²) in [6.07, 6.45) is 7.63. The normalized spacial score (nSPS) is 14.4. The number of benzene rings is 2. The lowest BCUT2D eigenvalue weighted by Crippen LogP contribution is -2.45. The second kappa shape index (κ2) is 13.3. The van der Waals surface area contributed by atoms with Gasteiger partial charge in [-0.2, -0.15) is 0 Å². The van der Waals surface area contributed by atoms with E-state index in [4.69, 9.17) is 5.21 Å². The van der Waals surface area contributed by atoms with E-state index in [1.165, 1.54) is 31.8 Å². The van der Waals surface area contributed by atoms with Gasteiger partial charge < -0.3 is 9.80 Å². The van der Waals surface area contributed by atoms with Crippen molar-refractivity contribution < 1.29 is 19.6 Å². The highest BCUT2D eigenvalue weighted by molar-refractivity contribution is 6.04. The third-order valence-electron chi connectivity index (χ3n) is 5.82. The molecule has 1 fully saturated rings. The van der Waals surface area contributed by atoms with Crippen LogP contribution < -0.4 is 10.8 Å². The van der Waals surface area contributed by atoms with Crippen LogP contribution in [0.5, 0.6) is 0 Å². The lowest BCUT2D eigenvalue weighted by molar-refractivity contribution is -0.124. The fourth-order valence-electron chi connectivity index (χ4n) is 3.88. The minimum Gasteiger partial charge on any atom is -0.319 e. The average Bonchev–Trinajstić information content (AvgIpc) is 3.15. The van der Waals surface area contributed by atoms with Crippen LogP contribution in [-0.2, 0) is 11.3 Å². The van der Waals surface area contributed by atoms with Gasteiger partial charge in [-0.1, -0.05) is 55.3 Å². The van der Waals surface area contributed by atoms with Crippen molar-refractivity contribution in [3.8, 4) is 0 Å². The molecule has 1 aliphatic rings. The van der Waals surface area contributed by atoms with Gasteiger partial charge in [-0.25, -0.2) is 10.3 Å². The minimum atomic E-state index is -0.608. The van der Waals surface area contributed by atoms with Gasteiger partial charge in [-0.05, 0) is 55.3 Å². The molecule has 0 unspecified atom stereocenters. The van der Waals surface area contributed by atoms with Gasteiger partial charge in [0.05, 0.1) is 0 Å². The molecule has 0 atom stereocenters. The minimum absolute atomic E-state index is 0.350. The molecule has 8 heteroatoms. The summed E-state index contributed by atoms with van der Waals surface area (Å²) in [6.45, 7) is 3.67. The molecule has 0 bridgehead atoms. The monoisotopic (exact) mass is 464 g/mol. The molecule has 180 valence electrons. The Bertz CT molecular complexity index is 968. The van der Waals surface area contributed by atoms with Crippen LogP contribution in [0.3, 0.4) is 0 Å². The lowest BCUT2D eigenvalue weighted by atomic mass is 10.1. The number of amides is 4. The van der Waals surface area contributed by atoms with Gasteiger partial charge in [-0.15, -0.1) is 0 Å². The second-order valence-electron chi connectivity index (χ2n) is 8.35. The fraction of sp³-hybridized carbons (Fsp3) is 0.346. The Hall–Kier alpha value is -3.49. The number of carbonyl (C=O) groups excluding carboxylic acids is 3. The molecule has 0 saturated carbocycles. The quantitative estimate of drug-likeness (QED) is 0.316. The van der Waals surface area contributed by atoms with Crippen molar-refractivity contribution in [2.75, 3.05) is 26.2 Å². The van der Waals surface area contributed by atoms with Gasteiger partial charge in [0.1, 0.15) is 0 Å². The standard InChI is InChI=1S/C26H32N4O4/c31-24(28-34)15-14-21-10-12-22(13-11-21)20-30(19-18-29-16-6-1-2-7-17-29)26(33)27-25(32)23-8-4-3-5-9-23/h3-5,8-15,34H,1-2,6-7,16-20H2,(H,28,31)(H,27,32,33)/b15-14+. The molecule has 2 aromatic rings. The smallest absolute Gasteiger partial charge is 0.319 e. The Morgan fingerprint density at radius 3 is 2.26 bits per heavy atom. The number of hydrogen-bond acceptors (Lipinski definition) is 5. The summed E-state index contributed by atoms with van der Waals surface area (Å²) in [5, 5.41) is 11.1. The Kier molecular flexibility index (Phi) is 9.81. The Labute approximate surface area is 200 Å². The summed E-state index contributed by atoms with van der Waals surface area (Å²) in [4.78, 5) is 40.8. The molecule has 3 N–H and O–H groups in total. The van der Waals surface area contributed by atoms with Crippen molar-refractivity contribution in [1.82, 2.24) is 20.6 Å². The molecule has 34 heavy (non-hydrogen) atoms. The zero-order chi connectivity index (χ0) is 24.2. The van der Waals surface area contributed by atoms with Gasteiger partial charge in [0, 0.05) is 31.3 Å². The first-order valence-corrected chi connectivity index (χ1v) is 11.6. The SMILES string of the molecule is O=C(/C=C/c1ccc(CN(CCN2CCCCCC2)C(=O)NC(=O)c2ccccc2)cc1)NO. The van der Waals surface area contributed by atoms with Crippen LogP contribution in [0.4, 0.5) is 4.79 Å². The molecule has 1 aliphatic heterocycles. The lowest BCUT2D eigenvalue weighted by Gasteiger charge is -2.27. The summed E-state index contributed by atoms with van der Waals surface area (Å²) < 4.78 is 0. The molecule has 2 aromatic carbocycles. The first-order chi connectivity index (χ1) is 16.5. The fourth-order valence-corrected chi connectivity index (χ4v) is 3.88. The molecular formula is C26H32N4O4. The zero-order valence-electron chi connectivity index (χ0n) is 19.3. The molecule has 1 heterocycles. The van der Waals surface area contributed by atoms with Gasteiger partial charge in [0.2, 0.25) is 0 Å². The molecule has 3 rings (SSSR count). The van der Waals surface area contributed by atoms with E-state index in [2.05, 4.69) is 10.2 Å². The number of likely N-dealkylation sites (tertiary alicyclic amines) is 1. The van der Waals surface area contributed by atoms with Crippen LogP contribution in [0, 0.1) is 0 Å². The summed E-state index contributed by atoms with van der Waals surface area (Å²) in [5.74, 6) is -1.03. The number of nitrogens with one attached hydrogen (secondary N) is 2. The summed E-state index contributed by atoms with van der Waals surface area (Å²) in [5.41, 5.74) is 3.67. The third kappa shape index (κ3) is 8.13. The number of imide groups is 1. The topological polar surface area (TPSA) is 102 Å². The van der Waals surface area contributed by atoms with Crippen molar-refractivity contribution in [2.24, 2.45) is 0 Å². The largest absolute Gasteiger partial charge is 0.324 e. The third-order valence-corrected chi connectivity index (χ3v) is 5.82. The van der Waals surface area contributed by atoms with Crippen LogP contribution in [0.2, 0.25) is 0 Å². The zero-order valence-corrected chi connectivity index (χ0v) is 19.3. The van der Waals surface area contributed by atoms with E-state index in [1.807, 2.05) is 30.3 Å². The van der Waals surface area contributed by atoms with E-state index < -0.39 is 17.8 Å². The van der Waals surface area contributed by atoms with Gasteiger partial charge >= 0.3 is 6.03 Å². The first-order valence-electron chi connectivity index (χ1n) is 11.6. The Balaban J connectivity index is 1.67. The van der Waals surface area contributed by atoms with Crippen molar-refractivity contribution in [3.63, 3.8) is 0 Å². The maximum atomic E-state index is 13.0. The number of rotatable bonds is 8. The number of hydroxylamine groups is 1. The van der Waals surface area contributed by atoms with Crippen LogP contribution >= 0.6 is 0 Å². The van der Waals surface area contributed by atoms with Gasteiger partial charge in [0.25, 0.3) is 11.8 Å². The Morgan fingerprint density at radius 1 is 0.941 bits per heavy atom. The highest BCUT2D eigenvalue weighted by Gasteiger charge is 2.19. The number of urea groups is 1. The molecule has 8 nitrogen and oxygen atoms in total. The predicted octanol–water partition coefficient (Wildman–Crippen LogP) is 3.43. The van der Waals surface area contributed by atoms with Crippen molar-refractivity contribution in [1.29, 1.82) is 0 Å². The average molecular weight is 465 g/mol. The van der Waals surface area contributed by atoms with E-state index in [-0.39, 0.29) is 0 Å². The van der Waals surface area contributed by atoms with Crippen molar-refractivity contribution >= 4 is 23.9 Å². The molecule has 0 radical (unpaired) electrons. The van der Waals surface area contributed by atoms with Crippen LogP contribution in [0.15, 0.2) is 60.7 Å². The Morgan fingerprint density at radius 2 is 1.62 bits per heavy atom. The van der Waals surface area contributed by atoms with E-state index in [0.29, 0.717) is 18.7 Å². The number of nitrogens with zero attached hydrogens (tertiary/aromatic N) is 2. The van der Waals surface area contributed by atoms with E-state index in [0.717, 1.165) is 30.8 Å². The maximum absolute atomic E-state index is 13.0. The van der Waals surface area contributed by atoms with E-state index in [1.54, 1.807) is 40.7 Å². The number of carbonyl (C=O) groups is 3. The summed E-state index contributed by atoms with van der Waals surface area (Å²) in [7, 11) is 0. The van der Waals surface area contributed by atoms with Gasteiger partial charge in [0.15, 0.2) is 0 Å². The molecule has 0 spiro atoms. The molecular weight excluding hydrogens is 432 g/mol. The highest BCUT2D eigenvalue weighted by Crippen LogP contribution is 2.12. The van der Waals surface area contributed by atoms with Crippen LogP contribution in [-0.4, -0.2) is 59.0 Å². The summed E-state index contributed by atoms with van der Waals surface area (Å²) in [6, 6.07) is 15.7. The molecule has 4 amide bonds. The van der Waals surface area contributed by atoms with Crippen LogP contribution in [0.25, 0.3) is 6.08 Å². The first kappa shape index (κ1) is 25.1. The number of hydrogen-bond donors (Lipinski definition) is 3. The predicted molar refractivity (Wildman–Crippen MR) is 130 cm³/mol. The van der Waals surface area contributed by atoms with Gasteiger partial charge in [-0.3, -0.25) is 20.1 Å². The summed E-state index contributed by atoms with van der Waals surface area (Å²) >= 11 is 0. The van der Waals surface area contributed by atoms with Crippen molar-refractivity contribution in [2.45, 2.75) is 32.2 Å². The molecule has 0 aliphatic carbocycles. The molecule has 0 aromatic heterocycles. The highest BCUT2D eigenvalue weighted by atomic mass is 16.5. The molecule has 1 saturated heterocycles. The van der Waals surface area contributed by atoms with E-state index >= 15 is 0 Å².